The summed E-state index contributed by atoms with van der Waals surface area (Å²) in [5.74, 6) is 2.88. The van der Waals surface area contributed by atoms with Crippen molar-refractivity contribution in [1.82, 2.24) is 14.6 Å². The van der Waals surface area contributed by atoms with Crippen molar-refractivity contribution >= 4 is 21.4 Å². The van der Waals surface area contributed by atoms with Gasteiger partial charge in [-0.3, -0.25) is 4.79 Å². The second-order valence-corrected chi connectivity index (χ2v) is 6.99. The molecule has 3 unspecified atom stereocenters. The van der Waals surface area contributed by atoms with Crippen molar-refractivity contribution in [2.75, 3.05) is 11.9 Å². The van der Waals surface area contributed by atoms with Crippen LogP contribution in [-0.2, 0) is 0 Å². The van der Waals surface area contributed by atoms with E-state index in [0.717, 1.165) is 29.4 Å². The molecule has 0 saturated heterocycles. The second kappa shape index (κ2) is 4.84. The molecule has 1 N–H and O–H groups in total. The molecule has 20 heavy (non-hydrogen) atoms. The molecule has 2 aromatic heterocycles. The summed E-state index contributed by atoms with van der Waals surface area (Å²) in [6.45, 7) is 0.947. The fourth-order valence-electron chi connectivity index (χ4n) is 3.91. The summed E-state index contributed by atoms with van der Waals surface area (Å²) in [6.07, 6.45) is 8.55. The van der Waals surface area contributed by atoms with E-state index >= 15 is 0 Å². The lowest BCUT2D eigenvalue weighted by Gasteiger charge is -2.21. The van der Waals surface area contributed by atoms with E-state index in [1.165, 1.54) is 60.2 Å². The molecule has 2 aliphatic carbocycles. The van der Waals surface area contributed by atoms with Gasteiger partial charge in [-0.05, 0) is 43.4 Å². The smallest absolute Gasteiger partial charge is 0.275 e. The Labute approximate surface area is 121 Å². The molecule has 2 heterocycles. The summed E-state index contributed by atoms with van der Waals surface area (Å²) in [4.78, 5) is 16.4. The molecule has 2 aliphatic rings. The van der Waals surface area contributed by atoms with E-state index in [1.807, 2.05) is 0 Å². The van der Waals surface area contributed by atoms with Crippen molar-refractivity contribution in [2.45, 2.75) is 32.1 Å². The van der Waals surface area contributed by atoms with Gasteiger partial charge in [-0.2, -0.15) is 4.52 Å². The van der Waals surface area contributed by atoms with Gasteiger partial charge in [0.25, 0.3) is 5.56 Å². The quantitative estimate of drug-likeness (QED) is 0.939. The number of anilines is 1. The summed E-state index contributed by atoms with van der Waals surface area (Å²) in [7, 11) is 0. The van der Waals surface area contributed by atoms with E-state index in [-0.39, 0.29) is 5.56 Å². The van der Waals surface area contributed by atoms with Gasteiger partial charge in [0.05, 0.1) is 0 Å². The predicted molar refractivity (Wildman–Crippen MR) is 79.2 cm³/mol. The molecule has 0 amide bonds. The van der Waals surface area contributed by atoms with E-state index in [0.29, 0.717) is 4.96 Å². The molecule has 0 aromatic carbocycles. The van der Waals surface area contributed by atoms with Gasteiger partial charge in [0.15, 0.2) is 0 Å². The van der Waals surface area contributed by atoms with Crippen molar-refractivity contribution < 1.29 is 0 Å². The van der Waals surface area contributed by atoms with E-state index in [2.05, 4.69) is 15.4 Å². The minimum absolute atomic E-state index is 0.118. The number of aromatic nitrogens is 3. The lowest BCUT2D eigenvalue weighted by molar-refractivity contribution is 0.321. The minimum atomic E-state index is -0.118. The van der Waals surface area contributed by atoms with Crippen LogP contribution in [0.15, 0.2) is 17.1 Å². The van der Waals surface area contributed by atoms with Crippen molar-refractivity contribution in [2.24, 2.45) is 17.8 Å². The number of nitrogens with one attached hydrogen (secondary N) is 1. The van der Waals surface area contributed by atoms with Gasteiger partial charge in [0.2, 0.25) is 10.1 Å². The second-order valence-electron chi connectivity index (χ2n) is 6.04. The van der Waals surface area contributed by atoms with Crippen molar-refractivity contribution in [3.63, 3.8) is 0 Å². The van der Waals surface area contributed by atoms with Crippen LogP contribution in [0.2, 0.25) is 0 Å². The molecule has 0 spiro atoms. The van der Waals surface area contributed by atoms with Gasteiger partial charge < -0.3 is 5.32 Å². The number of hydrogen-bond acceptors (Lipinski definition) is 5. The Morgan fingerprint density at radius 2 is 2.35 bits per heavy atom. The van der Waals surface area contributed by atoms with Gasteiger partial charge in [0.1, 0.15) is 0 Å². The van der Waals surface area contributed by atoms with Crippen LogP contribution in [0.1, 0.15) is 32.1 Å². The molecular formula is C14H18N4OS. The summed E-state index contributed by atoms with van der Waals surface area (Å²) in [5.41, 5.74) is -0.118. The highest BCUT2D eigenvalue weighted by Crippen LogP contribution is 2.49. The van der Waals surface area contributed by atoms with Crippen LogP contribution < -0.4 is 10.9 Å². The van der Waals surface area contributed by atoms with Crippen molar-refractivity contribution in [1.29, 1.82) is 0 Å². The Morgan fingerprint density at radius 3 is 3.10 bits per heavy atom. The highest BCUT2D eigenvalue weighted by molar-refractivity contribution is 7.20. The predicted octanol–water partition coefficient (Wildman–Crippen LogP) is 2.39. The van der Waals surface area contributed by atoms with Gasteiger partial charge >= 0.3 is 0 Å². The summed E-state index contributed by atoms with van der Waals surface area (Å²) >= 11 is 1.44. The van der Waals surface area contributed by atoms with Gasteiger partial charge in [-0.15, -0.1) is 5.10 Å². The third kappa shape index (κ3) is 2.12. The number of fused-ring (bicyclic) bond motifs is 3. The molecule has 6 heteroatoms. The van der Waals surface area contributed by atoms with Crippen molar-refractivity contribution in [3.8, 4) is 0 Å². The number of hydrogen-bond donors (Lipinski definition) is 1. The SMILES string of the molecule is O=c1ccnc2sc(NCCC3CC4CCC3C4)nn12. The van der Waals surface area contributed by atoms with Gasteiger partial charge in [0, 0.05) is 18.8 Å². The number of rotatable bonds is 4. The monoisotopic (exact) mass is 290 g/mol. The Kier molecular flexibility index (Phi) is 2.98. The average molecular weight is 290 g/mol. The van der Waals surface area contributed by atoms with Crippen LogP contribution in [0.4, 0.5) is 5.13 Å². The fourth-order valence-corrected chi connectivity index (χ4v) is 4.71. The van der Waals surface area contributed by atoms with Crippen LogP contribution in [0.5, 0.6) is 0 Å². The molecule has 2 saturated carbocycles. The average Bonchev–Trinajstić information content (AvgIpc) is 3.13. The zero-order chi connectivity index (χ0) is 13.5. The Bertz CT molecular complexity index is 679. The number of nitrogens with zero attached hydrogens (tertiary/aromatic N) is 3. The molecule has 2 bridgehead atoms. The maximum absolute atomic E-state index is 11.6. The minimum Gasteiger partial charge on any atom is -0.360 e. The van der Waals surface area contributed by atoms with E-state index in [1.54, 1.807) is 0 Å². The summed E-state index contributed by atoms with van der Waals surface area (Å²) in [6, 6.07) is 1.44. The third-order valence-corrected chi connectivity index (χ3v) is 5.73. The van der Waals surface area contributed by atoms with E-state index < -0.39 is 0 Å². The zero-order valence-electron chi connectivity index (χ0n) is 11.3. The molecular weight excluding hydrogens is 272 g/mol. The first-order valence-corrected chi connectivity index (χ1v) is 8.20. The molecule has 0 aliphatic heterocycles. The highest BCUT2D eigenvalue weighted by atomic mass is 32.1. The van der Waals surface area contributed by atoms with Crippen LogP contribution in [0.25, 0.3) is 4.96 Å². The molecule has 2 aromatic rings. The summed E-state index contributed by atoms with van der Waals surface area (Å²) < 4.78 is 1.37. The first-order valence-electron chi connectivity index (χ1n) is 7.38. The maximum Gasteiger partial charge on any atom is 0.275 e. The summed E-state index contributed by atoms with van der Waals surface area (Å²) in [5, 5.41) is 8.42. The van der Waals surface area contributed by atoms with Crippen LogP contribution >= 0.6 is 11.3 Å². The highest BCUT2D eigenvalue weighted by Gasteiger charge is 2.38. The molecule has 5 nitrogen and oxygen atoms in total. The third-order valence-electron chi connectivity index (χ3n) is 4.85. The van der Waals surface area contributed by atoms with Crippen LogP contribution in [-0.4, -0.2) is 21.1 Å². The van der Waals surface area contributed by atoms with Gasteiger partial charge in [-0.25, -0.2) is 4.98 Å². The molecule has 3 atom stereocenters. The fraction of sp³-hybridized carbons (Fsp3) is 0.643. The zero-order valence-corrected chi connectivity index (χ0v) is 12.1. The topological polar surface area (TPSA) is 59.3 Å². The normalized spacial score (nSPS) is 28.3. The van der Waals surface area contributed by atoms with Crippen molar-refractivity contribution in [3.05, 3.63) is 22.6 Å². The Morgan fingerprint density at radius 1 is 1.40 bits per heavy atom. The first kappa shape index (κ1) is 12.3. The molecule has 2 fully saturated rings. The molecule has 106 valence electrons. The molecule has 0 radical (unpaired) electrons. The lowest BCUT2D eigenvalue weighted by Crippen LogP contribution is -2.15. The lowest BCUT2D eigenvalue weighted by atomic mass is 9.86. The van der Waals surface area contributed by atoms with E-state index in [4.69, 9.17) is 0 Å². The standard InChI is InChI=1S/C14H18N4OS/c19-12-4-6-16-14-18(12)17-13(20-14)15-5-3-11-8-9-1-2-10(11)7-9/h4,6,9-11H,1-3,5,7-8H2,(H,15,17). The Hall–Kier alpha value is -1.43. The first-order chi connectivity index (χ1) is 9.79. The van der Waals surface area contributed by atoms with Gasteiger partial charge in [-0.1, -0.05) is 17.8 Å². The van der Waals surface area contributed by atoms with Crippen LogP contribution in [0, 0.1) is 17.8 Å². The van der Waals surface area contributed by atoms with E-state index in [9.17, 15) is 4.79 Å². The maximum atomic E-state index is 11.6. The largest absolute Gasteiger partial charge is 0.360 e. The van der Waals surface area contributed by atoms with Crippen LogP contribution in [0.3, 0.4) is 0 Å². The Balaban J connectivity index is 1.39. The molecule has 4 rings (SSSR count).